The minimum Gasteiger partial charge on any atom is -0.378 e. The van der Waals surface area contributed by atoms with Gasteiger partial charge in [-0.25, -0.2) is 4.98 Å². The number of nitrogens with zero attached hydrogens (tertiary/aromatic N) is 2. The van der Waals surface area contributed by atoms with Crippen molar-refractivity contribution in [2.45, 2.75) is 39.8 Å². The van der Waals surface area contributed by atoms with E-state index in [1.807, 2.05) is 12.3 Å². The smallest absolute Gasteiger partial charge is 0.133 e. The SMILES string of the molecule is CC(C)C[C@H](C)NCc1cccnc1N1CCOCC1. The van der Waals surface area contributed by atoms with Crippen LogP contribution >= 0.6 is 0 Å². The van der Waals surface area contributed by atoms with E-state index >= 15 is 0 Å². The molecule has 20 heavy (non-hydrogen) atoms. The standard InChI is InChI=1S/C16H27N3O/c1-13(2)11-14(3)18-12-15-5-4-6-17-16(15)19-7-9-20-10-8-19/h4-6,13-14,18H,7-12H2,1-3H3/t14-/m0/s1. The Morgan fingerprint density at radius 2 is 2.05 bits per heavy atom. The lowest BCUT2D eigenvalue weighted by Gasteiger charge is -2.29. The molecule has 0 aromatic carbocycles. The summed E-state index contributed by atoms with van der Waals surface area (Å²) < 4.78 is 5.42. The van der Waals surface area contributed by atoms with Crippen LogP contribution in [0.4, 0.5) is 5.82 Å². The van der Waals surface area contributed by atoms with Crippen LogP contribution in [0, 0.1) is 5.92 Å². The molecule has 1 aliphatic rings. The molecule has 0 bridgehead atoms. The molecule has 0 aliphatic carbocycles. The molecule has 0 amide bonds. The van der Waals surface area contributed by atoms with Crippen molar-refractivity contribution in [1.29, 1.82) is 0 Å². The molecular weight excluding hydrogens is 250 g/mol. The van der Waals surface area contributed by atoms with Gasteiger partial charge in [0, 0.05) is 37.4 Å². The van der Waals surface area contributed by atoms with Crippen molar-refractivity contribution in [3.63, 3.8) is 0 Å². The molecule has 4 heteroatoms. The van der Waals surface area contributed by atoms with Gasteiger partial charge in [0.1, 0.15) is 5.82 Å². The highest BCUT2D eigenvalue weighted by atomic mass is 16.5. The number of ether oxygens (including phenoxy) is 1. The number of rotatable bonds is 6. The molecule has 4 nitrogen and oxygen atoms in total. The Morgan fingerprint density at radius 3 is 2.75 bits per heavy atom. The molecule has 1 atom stereocenters. The van der Waals surface area contributed by atoms with Crippen LogP contribution in [0.2, 0.25) is 0 Å². The zero-order valence-electron chi connectivity index (χ0n) is 12.9. The predicted octanol–water partition coefficient (Wildman–Crippen LogP) is 2.44. The molecule has 0 unspecified atom stereocenters. The summed E-state index contributed by atoms with van der Waals surface area (Å²) in [6.07, 6.45) is 3.08. The van der Waals surface area contributed by atoms with Crippen LogP contribution in [0.1, 0.15) is 32.8 Å². The summed E-state index contributed by atoms with van der Waals surface area (Å²) in [7, 11) is 0. The van der Waals surface area contributed by atoms with Gasteiger partial charge in [-0.1, -0.05) is 19.9 Å². The highest BCUT2D eigenvalue weighted by Gasteiger charge is 2.16. The van der Waals surface area contributed by atoms with Gasteiger partial charge in [-0.2, -0.15) is 0 Å². The highest BCUT2D eigenvalue weighted by molar-refractivity contribution is 5.47. The highest BCUT2D eigenvalue weighted by Crippen LogP contribution is 2.18. The second-order valence-electron chi connectivity index (χ2n) is 6.00. The number of hydrogen-bond donors (Lipinski definition) is 1. The van der Waals surface area contributed by atoms with Gasteiger partial charge >= 0.3 is 0 Å². The fraction of sp³-hybridized carbons (Fsp3) is 0.688. The van der Waals surface area contributed by atoms with Gasteiger partial charge in [-0.15, -0.1) is 0 Å². The van der Waals surface area contributed by atoms with Crippen LogP contribution in [-0.2, 0) is 11.3 Å². The van der Waals surface area contributed by atoms with Crippen molar-refractivity contribution in [1.82, 2.24) is 10.3 Å². The van der Waals surface area contributed by atoms with Crippen molar-refractivity contribution >= 4 is 5.82 Å². The topological polar surface area (TPSA) is 37.4 Å². The molecule has 1 fully saturated rings. The lowest BCUT2D eigenvalue weighted by Crippen LogP contribution is -2.38. The molecule has 2 heterocycles. The van der Waals surface area contributed by atoms with Crippen LogP contribution in [-0.4, -0.2) is 37.3 Å². The van der Waals surface area contributed by atoms with E-state index in [0.29, 0.717) is 6.04 Å². The molecule has 112 valence electrons. The molecule has 2 rings (SSSR count). The first kappa shape index (κ1) is 15.3. The average Bonchev–Trinajstić information content (AvgIpc) is 2.46. The van der Waals surface area contributed by atoms with E-state index in [-0.39, 0.29) is 0 Å². The second kappa shape index (κ2) is 7.60. The first-order valence-electron chi connectivity index (χ1n) is 7.66. The minimum absolute atomic E-state index is 0.535. The van der Waals surface area contributed by atoms with E-state index in [4.69, 9.17) is 4.74 Å². The summed E-state index contributed by atoms with van der Waals surface area (Å²) in [5.74, 6) is 1.84. The van der Waals surface area contributed by atoms with E-state index in [0.717, 1.165) is 44.6 Å². The molecule has 1 saturated heterocycles. The summed E-state index contributed by atoms with van der Waals surface area (Å²) in [6, 6.07) is 4.73. The summed E-state index contributed by atoms with van der Waals surface area (Å²) >= 11 is 0. The van der Waals surface area contributed by atoms with Gasteiger partial charge in [0.15, 0.2) is 0 Å². The molecule has 0 saturated carbocycles. The lowest BCUT2D eigenvalue weighted by molar-refractivity contribution is 0.122. The molecule has 0 radical (unpaired) electrons. The number of aromatic nitrogens is 1. The van der Waals surface area contributed by atoms with Gasteiger partial charge in [-0.05, 0) is 25.3 Å². The third-order valence-corrected chi connectivity index (χ3v) is 3.64. The number of pyridine rings is 1. The number of nitrogens with one attached hydrogen (secondary N) is 1. The maximum atomic E-state index is 5.42. The molecule has 1 N–H and O–H groups in total. The maximum Gasteiger partial charge on any atom is 0.133 e. The predicted molar refractivity (Wildman–Crippen MR) is 83.0 cm³/mol. The largest absolute Gasteiger partial charge is 0.378 e. The zero-order chi connectivity index (χ0) is 14.4. The van der Waals surface area contributed by atoms with Crippen LogP contribution in [0.15, 0.2) is 18.3 Å². The van der Waals surface area contributed by atoms with Gasteiger partial charge in [0.2, 0.25) is 0 Å². The monoisotopic (exact) mass is 277 g/mol. The van der Waals surface area contributed by atoms with Gasteiger partial charge in [0.05, 0.1) is 13.2 Å². The quantitative estimate of drug-likeness (QED) is 0.866. The van der Waals surface area contributed by atoms with Gasteiger partial charge in [0.25, 0.3) is 0 Å². The summed E-state index contributed by atoms with van der Waals surface area (Å²) in [6.45, 7) is 11.1. The number of morpholine rings is 1. The third-order valence-electron chi connectivity index (χ3n) is 3.64. The first-order chi connectivity index (χ1) is 9.66. The van der Waals surface area contributed by atoms with Gasteiger partial charge < -0.3 is 15.0 Å². The first-order valence-corrected chi connectivity index (χ1v) is 7.66. The van der Waals surface area contributed by atoms with Crippen LogP contribution in [0.3, 0.4) is 0 Å². The lowest BCUT2D eigenvalue weighted by atomic mass is 10.1. The summed E-state index contributed by atoms with van der Waals surface area (Å²) in [5, 5.41) is 3.61. The number of anilines is 1. The normalized spacial score (nSPS) is 17.5. The summed E-state index contributed by atoms with van der Waals surface area (Å²) in [5.41, 5.74) is 1.28. The Kier molecular flexibility index (Phi) is 5.80. The third kappa shape index (κ3) is 4.46. The fourth-order valence-corrected chi connectivity index (χ4v) is 2.70. The second-order valence-corrected chi connectivity index (χ2v) is 6.00. The van der Waals surface area contributed by atoms with Crippen molar-refractivity contribution in [2.24, 2.45) is 5.92 Å². The Bertz CT molecular complexity index is 402. The van der Waals surface area contributed by atoms with Crippen LogP contribution in [0.5, 0.6) is 0 Å². The van der Waals surface area contributed by atoms with Crippen molar-refractivity contribution in [3.8, 4) is 0 Å². The summed E-state index contributed by atoms with van der Waals surface area (Å²) in [4.78, 5) is 6.90. The molecule has 1 aromatic rings. The Hall–Kier alpha value is -1.13. The van der Waals surface area contributed by atoms with Crippen LogP contribution in [0.25, 0.3) is 0 Å². The molecule has 1 aromatic heterocycles. The van der Waals surface area contributed by atoms with E-state index in [2.05, 4.69) is 42.0 Å². The Balaban J connectivity index is 1.96. The Morgan fingerprint density at radius 1 is 1.30 bits per heavy atom. The van der Waals surface area contributed by atoms with Gasteiger partial charge in [-0.3, -0.25) is 0 Å². The van der Waals surface area contributed by atoms with E-state index in [1.54, 1.807) is 0 Å². The molecule has 1 aliphatic heterocycles. The van der Waals surface area contributed by atoms with E-state index in [1.165, 1.54) is 12.0 Å². The fourth-order valence-electron chi connectivity index (χ4n) is 2.70. The zero-order valence-corrected chi connectivity index (χ0v) is 12.9. The average molecular weight is 277 g/mol. The maximum absolute atomic E-state index is 5.42. The molecular formula is C16H27N3O. The van der Waals surface area contributed by atoms with Crippen molar-refractivity contribution < 1.29 is 4.74 Å². The number of hydrogen-bond acceptors (Lipinski definition) is 4. The van der Waals surface area contributed by atoms with E-state index in [9.17, 15) is 0 Å². The van der Waals surface area contributed by atoms with E-state index < -0.39 is 0 Å². The Labute approximate surface area is 122 Å². The van der Waals surface area contributed by atoms with Crippen molar-refractivity contribution in [3.05, 3.63) is 23.9 Å². The van der Waals surface area contributed by atoms with Crippen molar-refractivity contribution in [2.75, 3.05) is 31.2 Å². The minimum atomic E-state index is 0.535. The molecule has 0 spiro atoms. The van der Waals surface area contributed by atoms with Crippen LogP contribution < -0.4 is 10.2 Å².